The molecular formula is C12H15BrO. The van der Waals surface area contributed by atoms with E-state index in [1.165, 1.54) is 5.56 Å². The number of hydrogen-bond donors (Lipinski definition) is 0. The summed E-state index contributed by atoms with van der Waals surface area (Å²) in [5.74, 6) is 1.41. The van der Waals surface area contributed by atoms with Crippen LogP contribution in [0.3, 0.4) is 0 Å². The van der Waals surface area contributed by atoms with Crippen molar-refractivity contribution in [3.8, 4) is 5.75 Å². The van der Waals surface area contributed by atoms with E-state index in [4.69, 9.17) is 4.74 Å². The highest BCUT2D eigenvalue weighted by Crippen LogP contribution is 2.29. The van der Waals surface area contributed by atoms with E-state index in [9.17, 15) is 0 Å². The van der Waals surface area contributed by atoms with Gasteiger partial charge < -0.3 is 4.74 Å². The maximum atomic E-state index is 5.56. The molecule has 0 aromatic heterocycles. The Morgan fingerprint density at radius 3 is 2.79 bits per heavy atom. The molecule has 2 heteroatoms. The molecule has 76 valence electrons. The summed E-state index contributed by atoms with van der Waals surface area (Å²) in [5.41, 5.74) is 1.22. The summed E-state index contributed by atoms with van der Waals surface area (Å²) in [6.45, 7) is 8.50. The van der Waals surface area contributed by atoms with E-state index in [-0.39, 0.29) is 0 Å². The Balaban J connectivity index is 2.95. The molecule has 0 N–H and O–H groups in total. The van der Waals surface area contributed by atoms with Crippen LogP contribution >= 0.6 is 15.9 Å². The highest BCUT2D eigenvalue weighted by molar-refractivity contribution is 9.10. The fourth-order valence-corrected chi connectivity index (χ4v) is 1.63. The largest absolute Gasteiger partial charge is 0.489 e. The second-order valence-corrected chi connectivity index (χ2v) is 4.35. The summed E-state index contributed by atoms with van der Waals surface area (Å²) in [6.07, 6.45) is 1.76. The van der Waals surface area contributed by atoms with E-state index in [0.29, 0.717) is 12.5 Å². The van der Waals surface area contributed by atoms with E-state index in [1.54, 1.807) is 6.08 Å². The van der Waals surface area contributed by atoms with Crippen LogP contribution in [-0.4, -0.2) is 6.61 Å². The highest BCUT2D eigenvalue weighted by Gasteiger charge is 2.07. The smallest absolute Gasteiger partial charge is 0.123 e. The number of rotatable bonds is 4. The van der Waals surface area contributed by atoms with Crippen molar-refractivity contribution < 1.29 is 4.74 Å². The number of halogens is 1. The van der Waals surface area contributed by atoms with Gasteiger partial charge in [0.1, 0.15) is 12.4 Å². The molecule has 0 heterocycles. The van der Waals surface area contributed by atoms with Gasteiger partial charge in [-0.15, -0.1) is 0 Å². The third kappa shape index (κ3) is 2.88. The fraction of sp³-hybridized carbons (Fsp3) is 0.333. The van der Waals surface area contributed by atoms with Crippen LogP contribution in [0.5, 0.6) is 5.75 Å². The molecule has 14 heavy (non-hydrogen) atoms. The molecule has 0 spiro atoms. The molecule has 0 amide bonds. The third-order valence-electron chi connectivity index (χ3n) is 1.95. The SMILES string of the molecule is C=CCOc1ccc(Br)cc1C(C)C. The Labute approximate surface area is 93.9 Å². The van der Waals surface area contributed by atoms with Crippen molar-refractivity contribution in [2.75, 3.05) is 6.61 Å². The second kappa shape index (κ2) is 5.20. The number of ether oxygens (including phenoxy) is 1. The van der Waals surface area contributed by atoms with Gasteiger partial charge in [-0.2, -0.15) is 0 Å². The first-order chi connectivity index (χ1) is 6.65. The molecule has 0 aliphatic rings. The van der Waals surface area contributed by atoms with E-state index < -0.39 is 0 Å². The Morgan fingerprint density at radius 1 is 1.50 bits per heavy atom. The molecule has 1 aromatic carbocycles. The van der Waals surface area contributed by atoms with Crippen molar-refractivity contribution in [1.29, 1.82) is 0 Å². The van der Waals surface area contributed by atoms with Crippen molar-refractivity contribution in [1.82, 2.24) is 0 Å². The molecular weight excluding hydrogens is 240 g/mol. The predicted molar refractivity (Wildman–Crippen MR) is 63.9 cm³/mol. The lowest BCUT2D eigenvalue weighted by Gasteiger charge is -2.13. The molecule has 0 aliphatic heterocycles. The van der Waals surface area contributed by atoms with Gasteiger partial charge in [0, 0.05) is 4.47 Å². The average molecular weight is 255 g/mol. The van der Waals surface area contributed by atoms with Crippen LogP contribution in [0.4, 0.5) is 0 Å². The maximum Gasteiger partial charge on any atom is 0.123 e. The zero-order valence-electron chi connectivity index (χ0n) is 8.59. The van der Waals surface area contributed by atoms with Gasteiger partial charge in [0.25, 0.3) is 0 Å². The summed E-state index contributed by atoms with van der Waals surface area (Å²) in [5, 5.41) is 0. The lowest BCUT2D eigenvalue weighted by atomic mass is 10.0. The standard InChI is InChI=1S/C12H15BrO/c1-4-7-14-12-6-5-10(13)8-11(12)9(2)3/h4-6,8-9H,1,7H2,2-3H3. The molecule has 0 unspecified atom stereocenters. The molecule has 1 rings (SSSR count). The van der Waals surface area contributed by atoms with Gasteiger partial charge in [0.15, 0.2) is 0 Å². The first-order valence-electron chi connectivity index (χ1n) is 4.68. The molecule has 0 bridgehead atoms. The molecule has 1 nitrogen and oxygen atoms in total. The Bertz CT molecular complexity index is 318. The first kappa shape index (κ1) is 11.3. The third-order valence-corrected chi connectivity index (χ3v) is 2.44. The van der Waals surface area contributed by atoms with E-state index in [2.05, 4.69) is 42.4 Å². The van der Waals surface area contributed by atoms with Gasteiger partial charge in [0.05, 0.1) is 0 Å². The van der Waals surface area contributed by atoms with E-state index >= 15 is 0 Å². The minimum atomic E-state index is 0.465. The summed E-state index contributed by atoms with van der Waals surface area (Å²) in [4.78, 5) is 0. The summed E-state index contributed by atoms with van der Waals surface area (Å²) in [7, 11) is 0. The Morgan fingerprint density at radius 2 is 2.21 bits per heavy atom. The van der Waals surface area contributed by atoms with Crippen LogP contribution in [0.2, 0.25) is 0 Å². The second-order valence-electron chi connectivity index (χ2n) is 3.44. The monoisotopic (exact) mass is 254 g/mol. The summed E-state index contributed by atoms with van der Waals surface area (Å²) < 4.78 is 6.65. The predicted octanol–water partition coefficient (Wildman–Crippen LogP) is 4.14. The van der Waals surface area contributed by atoms with Crippen LogP contribution in [-0.2, 0) is 0 Å². The maximum absolute atomic E-state index is 5.56. The zero-order chi connectivity index (χ0) is 10.6. The van der Waals surface area contributed by atoms with Crippen LogP contribution in [0.15, 0.2) is 35.3 Å². The van der Waals surface area contributed by atoms with Crippen molar-refractivity contribution in [2.45, 2.75) is 19.8 Å². The average Bonchev–Trinajstić information content (AvgIpc) is 2.15. The number of hydrogen-bond acceptors (Lipinski definition) is 1. The Kier molecular flexibility index (Phi) is 4.21. The zero-order valence-corrected chi connectivity index (χ0v) is 10.2. The molecule has 1 aromatic rings. The van der Waals surface area contributed by atoms with Gasteiger partial charge in [-0.1, -0.05) is 42.4 Å². The molecule has 0 atom stereocenters. The number of benzene rings is 1. The van der Waals surface area contributed by atoms with Gasteiger partial charge >= 0.3 is 0 Å². The lowest BCUT2D eigenvalue weighted by Crippen LogP contribution is -1.98. The molecule has 0 fully saturated rings. The van der Waals surface area contributed by atoms with Crippen LogP contribution in [0.25, 0.3) is 0 Å². The van der Waals surface area contributed by atoms with Crippen LogP contribution in [0.1, 0.15) is 25.3 Å². The first-order valence-corrected chi connectivity index (χ1v) is 5.47. The summed E-state index contributed by atoms with van der Waals surface area (Å²) >= 11 is 3.46. The van der Waals surface area contributed by atoms with Gasteiger partial charge in [0.2, 0.25) is 0 Å². The van der Waals surface area contributed by atoms with Crippen molar-refractivity contribution in [3.05, 3.63) is 40.9 Å². The van der Waals surface area contributed by atoms with E-state index in [0.717, 1.165) is 10.2 Å². The van der Waals surface area contributed by atoms with Gasteiger partial charge in [-0.3, -0.25) is 0 Å². The molecule has 0 saturated carbocycles. The van der Waals surface area contributed by atoms with Crippen LogP contribution in [0, 0.1) is 0 Å². The van der Waals surface area contributed by atoms with Gasteiger partial charge in [-0.05, 0) is 29.7 Å². The minimum Gasteiger partial charge on any atom is -0.489 e. The van der Waals surface area contributed by atoms with Gasteiger partial charge in [-0.25, -0.2) is 0 Å². The van der Waals surface area contributed by atoms with Crippen molar-refractivity contribution in [3.63, 3.8) is 0 Å². The van der Waals surface area contributed by atoms with Crippen molar-refractivity contribution >= 4 is 15.9 Å². The molecule has 0 radical (unpaired) electrons. The highest BCUT2D eigenvalue weighted by atomic mass is 79.9. The summed E-state index contributed by atoms with van der Waals surface area (Å²) in [6, 6.07) is 6.08. The molecule has 0 aliphatic carbocycles. The Hall–Kier alpha value is -0.760. The lowest BCUT2D eigenvalue weighted by molar-refractivity contribution is 0.357. The topological polar surface area (TPSA) is 9.23 Å². The van der Waals surface area contributed by atoms with Crippen LogP contribution < -0.4 is 4.74 Å². The normalized spacial score (nSPS) is 10.3. The van der Waals surface area contributed by atoms with E-state index in [1.807, 2.05) is 12.1 Å². The van der Waals surface area contributed by atoms with Crippen molar-refractivity contribution in [2.24, 2.45) is 0 Å². The minimum absolute atomic E-state index is 0.465. The molecule has 0 saturated heterocycles. The fourth-order valence-electron chi connectivity index (χ4n) is 1.25. The quantitative estimate of drug-likeness (QED) is 0.735.